The van der Waals surface area contributed by atoms with Crippen molar-refractivity contribution in [2.24, 2.45) is 11.8 Å². The molecule has 0 aromatic heterocycles. The van der Waals surface area contributed by atoms with Gasteiger partial charge in [-0.2, -0.15) is 0 Å². The molecule has 1 fully saturated rings. The molecular formula is C10H19. The van der Waals surface area contributed by atoms with E-state index in [9.17, 15) is 0 Å². The summed E-state index contributed by atoms with van der Waals surface area (Å²) in [5.74, 6) is 1.97. The fraction of sp³-hybridized carbons (Fsp3) is 0.900. The minimum absolute atomic E-state index is 0.968. The summed E-state index contributed by atoms with van der Waals surface area (Å²) in [5, 5.41) is 0. The Morgan fingerprint density at radius 3 is 2.70 bits per heavy atom. The molecule has 0 aromatic rings. The van der Waals surface area contributed by atoms with Gasteiger partial charge in [-0.05, 0) is 31.1 Å². The SMILES string of the molecule is CCC[CH]C1CCC(C)C1. The van der Waals surface area contributed by atoms with E-state index in [0.29, 0.717) is 0 Å². The predicted octanol–water partition coefficient (Wildman–Crippen LogP) is 3.43. The molecular weight excluding hydrogens is 120 g/mol. The molecule has 0 saturated heterocycles. The third-order valence-corrected chi connectivity index (χ3v) is 2.52. The van der Waals surface area contributed by atoms with Crippen LogP contribution < -0.4 is 0 Å². The van der Waals surface area contributed by atoms with Gasteiger partial charge in [0.1, 0.15) is 0 Å². The molecule has 2 atom stereocenters. The van der Waals surface area contributed by atoms with Crippen LogP contribution in [-0.4, -0.2) is 0 Å². The van der Waals surface area contributed by atoms with Crippen molar-refractivity contribution >= 4 is 0 Å². The van der Waals surface area contributed by atoms with Crippen LogP contribution in [0.25, 0.3) is 0 Å². The maximum Gasteiger partial charge on any atom is -0.0355 e. The Bertz CT molecular complexity index is 86.0. The van der Waals surface area contributed by atoms with E-state index in [-0.39, 0.29) is 0 Å². The van der Waals surface area contributed by atoms with Crippen LogP contribution in [0.1, 0.15) is 46.0 Å². The summed E-state index contributed by atoms with van der Waals surface area (Å²) >= 11 is 0. The molecule has 59 valence electrons. The molecule has 0 heteroatoms. The van der Waals surface area contributed by atoms with Crippen LogP contribution in [0.5, 0.6) is 0 Å². The van der Waals surface area contributed by atoms with Crippen molar-refractivity contribution in [3.8, 4) is 0 Å². The molecule has 1 rings (SSSR count). The fourth-order valence-corrected chi connectivity index (χ4v) is 1.87. The average molecular weight is 139 g/mol. The second-order valence-corrected chi connectivity index (χ2v) is 3.70. The van der Waals surface area contributed by atoms with E-state index in [0.717, 1.165) is 11.8 Å². The number of hydrogen-bond donors (Lipinski definition) is 0. The summed E-state index contributed by atoms with van der Waals surface area (Å²) in [6, 6.07) is 0. The Balaban J connectivity index is 2.06. The fourth-order valence-electron chi connectivity index (χ4n) is 1.87. The molecule has 2 unspecified atom stereocenters. The first kappa shape index (κ1) is 8.10. The van der Waals surface area contributed by atoms with Crippen molar-refractivity contribution in [3.63, 3.8) is 0 Å². The van der Waals surface area contributed by atoms with Gasteiger partial charge in [0.15, 0.2) is 0 Å². The molecule has 1 aliphatic carbocycles. The van der Waals surface area contributed by atoms with Gasteiger partial charge in [0.2, 0.25) is 0 Å². The maximum absolute atomic E-state index is 2.53. The Hall–Kier alpha value is 0. The summed E-state index contributed by atoms with van der Waals surface area (Å²) in [6.07, 6.45) is 9.57. The molecule has 0 amide bonds. The lowest BCUT2D eigenvalue weighted by Crippen LogP contribution is -1.94. The molecule has 0 aliphatic heterocycles. The summed E-state index contributed by atoms with van der Waals surface area (Å²) < 4.78 is 0. The van der Waals surface area contributed by atoms with Crippen molar-refractivity contribution in [2.75, 3.05) is 0 Å². The topological polar surface area (TPSA) is 0 Å². The number of rotatable bonds is 3. The van der Waals surface area contributed by atoms with E-state index in [4.69, 9.17) is 0 Å². The minimum Gasteiger partial charge on any atom is -0.0654 e. The lowest BCUT2D eigenvalue weighted by atomic mass is 10.00. The highest BCUT2D eigenvalue weighted by molar-refractivity contribution is 4.82. The molecule has 0 N–H and O–H groups in total. The van der Waals surface area contributed by atoms with E-state index >= 15 is 0 Å². The largest absolute Gasteiger partial charge is 0.0654 e. The third-order valence-electron chi connectivity index (χ3n) is 2.52. The van der Waals surface area contributed by atoms with E-state index in [1.54, 1.807) is 0 Å². The standard InChI is InChI=1S/C10H19/c1-3-4-5-10-7-6-9(2)8-10/h5,9-10H,3-4,6-8H2,1-2H3. The first-order valence-corrected chi connectivity index (χ1v) is 4.66. The monoisotopic (exact) mass is 139 g/mol. The Kier molecular flexibility index (Phi) is 3.24. The molecule has 0 aromatic carbocycles. The lowest BCUT2D eigenvalue weighted by Gasteiger charge is -2.06. The molecule has 10 heavy (non-hydrogen) atoms. The van der Waals surface area contributed by atoms with E-state index in [2.05, 4.69) is 20.3 Å². The van der Waals surface area contributed by atoms with E-state index < -0.39 is 0 Å². The highest BCUT2D eigenvalue weighted by Crippen LogP contribution is 2.32. The van der Waals surface area contributed by atoms with Gasteiger partial charge in [-0.25, -0.2) is 0 Å². The van der Waals surface area contributed by atoms with Crippen molar-refractivity contribution in [1.29, 1.82) is 0 Å². The zero-order valence-corrected chi connectivity index (χ0v) is 7.27. The van der Waals surface area contributed by atoms with Crippen LogP contribution in [0.4, 0.5) is 0 Å². The van der Waals surface area contributed by atoms with Crippen LogP contribution in [0.15, 0.2) is 0 Å². The number of unbranched alkanes of at least 4 members (excludes halogenated alkanes) is 1. The predicted molar refractivity (Wildman–Crippen MR) is 45.7 cm³/mol. The maximum atomic E-state index is 2.53. The van der Waals surface area contributed by atoms with Crippen LogP contribution in [0.2, 0.25) is 0 Å². The molecule has 1 saturated carbocycles. The molecule has 1 radical (unpaired) electrons. The van der Waals surface area contributed by atoms with Gasteiger partial charge in [0.25, 0.3) is 0 Å². The Morgan fingerprint density at radius 2 is 2.20 bits per heavy atom. The van der Waals surface area contributed by atoms with Gasteiger partial charge in [-0.3, -0.25) is 0 Å². The summed E-state index contributed by atoms with van der Waals surface area (Å²) in [7, 11) is 0. The van der Waals surface area contributed by atoms with E-state index in [1.807, 2.05) is 0 Å². The second kappa shape index (κ2) is 4.00. The van der Waals surface area contributed by atoms with Crippen molar-refractivity contribution < 1.29 is 0 Å². The molecule has 1 aliphatic rings. The van der Waals surface area contributed by atoms with Gasteiger partial charge in [-0.1, -0.05) is 33.1 Å². The average Bonchev–Trinajstić information content (AvgIpc) is 2.31. The quantitative estimate of drug-likeness (QED) is 0.562. The highest BCUT2D eigenvalue weighted by Gasteiger charge is 2.20. The molecule has 0 heterocycles. The van der Waals surface area contributed by atoms with Gasteiger partial charge in [-0.15, -0.1) is 0 Å². The summed E-state index contributed by atoms with van der Waals surface area (Å²) in [6.45, 7) is 4.63. The molecule has 0 nitrogen and oxygen atoms in total. The number of hydrogen-bond acceptors (Lipinski definition) is 0. The first-order valence-electron chi connectivity index (χ1n) is 4.66. The second-order valence-electron chi connectivity index (χ2n) is 3.70. The Morgan fingerprint density at radius 1 is 1.40 bits per heavy atom. The summed E-state index contributed by atoms with van der Waals surface area (Å²) in [4.78, 5) is 0. The van der Waals surface area contributed by atoms with Gasteiger partial charge >= 0.3 is 0 Å². The summed E-state index contributed by atoms with van der Waals surface area (Å²) in [5.41, 5.74) is 0. The Labute approximate surface area is 65.0 Å². The molecule has 0 bridgehead atoms. The minimum atomic E-state index is 0.968. The zero-order valence-electron chi connectivity index (χ0n) is 7.27. The van der Waals surface area contributed by atoms with Gasteiger partial charge < -0.3 is 0 Å². The van der Waals surface area contributed by atoms with Gasteiger partial charge in [0.05, 0.1) is 0 Å². The van der Waals surface area contributed by atoms with Crippen LogP contribution in [-0.2, 0) is 0 Å². The first-order chi connectivity index (χ1) is 4.83. The van der Waals surface area contributed by atoms with Crippen LogP contribution in [0.3, 0.4) is 0 Å². The van der Waals surface area contributed by atoms with Gasteiger partial charge in [0, 0.05) is 0 Å². The van der Waals surface area contributed by atoms with E-state index in [1.165, 1.54) is 32.1 Å². The highest BCUT2D eigenvalue weighted by atomic mass is 14.3. The van der Waals surface area contributed by atoms with Crippen molar-refractivity contribution in [3.05, 3.63) is 6.42 Å². The van der Waals surface area contributed by atoms with Crippen molar-refractivity contribution in [1.82, 2.24) is 0 Å². The lowest BCUT2D eigenvalue weighted by molar-refractivity contribution is 0.551. The van der Waals surface area contributed by atoms with Crippen molar-refractivity contribution in [2.45, 2.75) is 46.0 Å². The van der Waals surface area contributed by atoms with Crippen LogP contribution >= 0.6 is 0 Å². The zero-order chi connectivity index (χ0) is 7.40. The van der Waals surface area contributed by atoms with Crippen LogP contribution in [0, 0.1) is 18.3 Å². The third kappa shape index (κ3) is 2.32. The normalized spacial score (nSPS) is 33.0. The smallest absolute Gasteiger partial charge is 0.0355 e. The molecule has 0 spiro atoms.